The molecule has 1 N–H and O–H groups in total. The molecule has 0 amide bonds. The molecule has 1 aliphatic heterocycles. The molecular formula is C25H26BrClN4O3S. The molecule has 0 aliphatic carbocycles. The van der Waals surface area contributed by atoms with Crippen molar-refractivity contribution in [2.75, 3.05) is 11.1 Å². The minimum Gasteiger partial charge on any atom is -0.488 e. The quantitative estimate of drug-likeness (QED) is 0.238. The van der Waals surface area contributed by atoms with Crippen LogP contribution >= 0.6 is 39.3 Å². The van der Waals surface area contributed by atoms with Crippen molar-refractivity contribution in [1.82, 2.24) is 14.8 Å². The summed E-state index contributed by atoms with van der Waals surface area (Å²) in [6.45, 7) is 7.81. The number of ether oxygens (including phenoxy) is 2. The van der Waals surface area contributed by atoms with Gasteiger partial charge in [0.2, 0.25) is 11.1 Å². The van der Waals surface area contributed by atoms with Crippen LogP contribution in [-0.2, 0) is 16.1 Å². The summed E-state index contributed by atoms with van der Waals surface area (Å²) in [6.07, 6.45) is -0.273. The lowest BCUT2D eigenvalue weighted by Crippen LogP contribution is -2.31. The number of esters is 1. The second kappa shape index (κ2) is 11.1. The summed E-state index contributed by atoms with van der Waals surface area (Å²) in [5, 5.41) is 9.20. The normalized spacial score (nSPS) is 15.1. The predicted molar refractivity (Wildman–Crippen MR) is 142 cm³/mol. The fourth-order valence-electron chi connectivity index (χ4n) is 3.79. The van der Waals surface area contributed by atoms with E-state index in [-0.39, 0.29) is 12.7 Å². The topological polar surface area (TPSA) is 78.3 Å². The maximum Gasteiger partial charge on any atom is 0.338 e. The molecular weight excluding hydrogens is 552 g/mol. The molecule has 1 atom stereocenters. The Labute approximate surface area is 222 Å². The SMILES string of the molecule is CCSc1nc2n(n1)C(c1cc(Br)ccc1OCc1ccccc1Cl)C(C(=O)OC(C)C)=C(C)N2. The van der Waals surface area contributed by atoms with Crippen molar-refractivity contribution >= 4 is 51.2 Å². The van der Waals surface area contributed by atoms with Crippen LogP contribution < -0.4 is 10.1 Å². The van der Waals surface area contributed by atoms with E-state index < -0.39 is 12.0 Å². The predicted octanol–water partition coefficient (Wildman–Crippen LogP) is 6.63. The maximum atomic E-state index is 13.3. The van der Waals surface area contributed by atoms with Gasteiger partial charge in [-0.15, -0.1) is 5.10 Å². The largest absolute Gasteiger partial charge is 0.488 e. The van der Waals surface area contributed by atoms with Crippen molar-refractivity contribution in [3.63, 3.8) is 0 Å². The van der Waals surface area contributed by atoms with E-state index in [0.717, 1.165) is 21.4 Å². The van der Waals surface area contributed by atoms with Crippen LogP contribution in [0.4, 0.5) is 5.95 Å². The number of halogens is 2. The number of benzene rings is 2. The highest BCUT2D eigenvalue weighted by molar-refractivity contribution is 9.10. The zero-order chi connectivity index (χ0) is 25.1. The third kappa shape index (κ3) is 5.68. The Morgan fingerprint density at radius 2 is 2.06 bits per heavy atom. The third-order valence-corrected chi connectivity index (χ3v) is 6.86. The van der Waals surface area contributed by atoms with E-state index in [0.29, 0.717) is 33.1 Å². The molecule has 0 spiro atoms. The summed E-state index contributed by atoms with van der Waals surface area (Å²) in [5.41, 5.74) is 2.72. The zero-order valence-electron chi connectivity index (χ0n) is 19.8. The number of thioether (sulfide) groups is 1. The third-order valence-electron chi connectivity index (χ3n) is 5.28. The van der Waals surface area contributed by atoms with Gasteiger partial charge in [-0.25, -0.2) is 9.48 Å². The monoisotopic (exact) mass is 576 g/mol. The molecule has 0 radical (unpaired) electrons. The van der Waals surface area contributed by atoms with Crippen LogP contribution in [0.2, 0.25) is 5.02 Å². The van der Waals surface area contributed by atoms with Crippen LogP contribution in [0.5, 0.6) is 5.75 Å². The van der Waals surface area contributed by atoms with Gasteiger partial charge < -0.3 is 14.8 Å². The van der Waals surface area contributed by atoms with Crippen LogP contribution in [-0.4, -0.2) is 32.6 Å². The number of anilines is 1. The first kappa shape index (κ1) is 25.6. The van der Waals surface area contributed by atoms with Gasteiger partial charge in [0.15, 0.2) is 0 Å². The molecule has 2 heterocycles. The summed E-state index contributed by atoms with van der Waals surface area (Å²) in [7, 11) is 0. The van der Waals surface area contributed by atoms with Gasteiger partial charge in [-0.2, -0.15) is 4.98 Å². The van der Waals surface area contributed by atoms with Crippen LogP contribution in [0, 0.1) is 0 Å². The standard InChI is InChI=1S/C25H26BrClN4O3S/c1-5-35-25-29-24-28-15(4)21(23(32)34-14(2)3)22(31(24)30-25)18-12-17(26)10-11-20(18)33-13-16-8-6-7-9-19(16)27/h6-12,14,22H,5,13H2,1-4H3,(H,28,29,30). The van der Waals surface area contributed by atoms with Gasteiger partial charge in [0, 0.05) is 26.3 Å². The van der Waals surface area contributed by atoms with Gasteiger partial charge in [0.25, 0.3) is 0 Å². The van der Waals surface area contributed by atoms with Gasteiger partial charge in [0.05, 0.1) is 11.7 Å². The van der Waals surface area contributed by atoms with Crippen molar-refractivity contribution in [1.29, 1.82) is 0 Å². The summed E-state index contributed by atoms with van der Waals surface area (Å²) in [6, 6.07) is 12.7. The van der Waals surface area contributed by atoms with Gasteiger partial charge in [0.1, 0.15) is 18.4 Å². The highest BCUT2D eigenvalue weighted by Crippen LogP contribution is 2.41. The lowest BCUT2D eigenvalue weighted by atomic mass is 9.95. The minimum atomic E-state index is -0.602. The molecule has 0 bridgehead atoms. The van der Waals surface area contributed by atoms with Crippen LogP contribution in [0.3, 0.4) is 0 Å². The van der Waals surface area contributed by atoms with Crippen molar-refractivity contribution in [3.05, 3.63) is 74.4 Å². The Kier molecular flexibility index (Phi) is 8.09. The molecule has 0 saturated carbocycles. The Morgan fingerprint density at radius 3 is 2.77 bits per heavy atom. The molecule has 7 nitrogen and oxygen atoms in total. The lowest BCUT2D eigenvalue weighted by molar-refractivity contribution is -0.143. The number of carbonyl (C=O) groups excluding carboxylic acids is 1. The lowest BCUT2D eigenvalue weighted by Gasteiger charge is -2.29. The van der Waals surface area contributed by atoms with Gasteiger partial charge >= 0.3 is 5.97 Å². The minimum absolute atomic E-state index is 0.273. The van der Waals surface area contributed by atoms with E-state index in [1.165, 1.54) is 11.8 Å². The van der Waals surface area contributed by atoms with Crippen molar-refractivity contribution in [2.24, 2.45) is 0 Å². The van der Waals surface area contributed by atoms with E-state index in [4.69, 9.17) is 26.2 Å². The first-order chi connectivity index (χ1) is 16.8. The molecule has 1 unspecified atom stereocenters. The van der Waals surface area contributed by atoms with Crippen LogP contribution in [0.1, 0.15) is 44.9 Å². The number of fused-ring (bicyclic) bond motifs is 1. The number of carbonyl (C=O) groups is 1. The van der Waals surface area contributed by atoms with E-state index >= 15 is 0 Å². The average Bonchev–Trinajstić information content (AvgIpc) is 3.19. The first-order valence-corrected chi connectivity index (χ1v) is 13.4. The molecule has 1 aromatic heterocycles. The fourth-order valence-corrected chi connectivity index (χ4v) is 4.91. The molecule has 2 aromatic carbocycles. The Bertz CT molecular complexity index is 1280. The molecule has 10 heteroatoms. The number of hydrogen-bond acceptors (Lipinski definition) is 7. The number of hydrogen-bond donors (Lipinski definition) is 1. The Morgan fingerprint density at radius 1 is 1.29 bits per heavy atom. The number of rotatable bonds is 8. The number of allylic oxidation sites excluding steroid dienone is 1. The van der Waals surface area contributed by atoms with Crippen LogP contribution in [0.15, 0.2) is 63.4 Å². The molecule has 4 rings (SSSR count). The number of aromatic nitrogens is 3. The second-order valence-electron chi connectivity index (χ2n) is 8.18. The van der Waals surface area contributed by atoms with Gasteiger partial charge in [-0.1, -0.05) is 64.4 Å². The van der Waals surface area contributed by atoms with E-state index in [2.05, 4.69) is 26.2 Å². The number of nitrogens with one attached hydrogen (secondary N) is 1. The van der Waals surface area contributed by atoms with Gasteiger partial charge in [-0.05, 0) is 50.8 Å². The van der Waals surface area contributed by atoms with Crippen molar-refractivity contribution in [2.45, 2.75) is 51.6 Å². The molecule has 35 heavy (non-hydrogen) atoms. The van der Waals surface area contributed by atoms with Gasteiger partial charge in [-0.3, -0.25) is 0 Å². The van der Waals surface area contributed by atoms with E-state index in [1.807, 2.05) is 70.2 Å². The van der Waals surface area contributed by atoms with Crippen molar-refractivity contribution < 1.29 is 14.3 Å². The summed E-state index contributed by atoms with van der Waals surface area (Å²) < 4.78 is 14.5. The summed E-state index contributed by atoms with van der Waals surface area (Å²) in [5.74, 6) is 1.57. The summed E-state index contributed by atoms with van der Waals surface area (Å²) in [4.78, 5) is 17.9. The van der Waals surface area contributed by atoms with E-state index in [9.17, 15) is 4.79 Å². The number of nitrogens with zero attached hydrogens (tertiary/aromatic N) is 3. The smallest absolute Gasteiger partial charge is 0.338 e. The highest BCUT2D eigenvalue weighted by Gasteiger charge is 2.37. The first-order valence-electron chi connectivity index (χ1n) is 11.2. The molecule has 3 aromatic rings. The highest BCUT2D eigenvalue weighted by atomic mass is 79.9. The van der Waals surface area contributed by atoms with Crippen molar-refractivity contribution in [3.8, 4) is 5.75 Å². The zero-order valence-corrected chi connectivity index (χ0v) is 23.0. The molecule has 0 fully saturated rings. The maximum absolute atomic E-state index is 13.3. The molecule has 0 saturated heterocycles. The molecule has 184 valence electrons. The molecule has 1 aliphatic rings. The fraction of sp³-hybridized carbons (Fsp3) is 0.320. The Balaban J connectivity index is 1.82. The van der Waals surface area contributed by atoms with E-state index in [1.54, 1.807) is 4.68 Å². The Hall–Kier alpha value is -2.49. The second-order valence-corrected chi connectivity index (χ2v) is 10.7. The summed E-state index contributed by atoms with van der Waals surface area (Å²) >= 11 is 11.5. The average molecular weight is 578 g/mol. The van der Waals surface area contributed by atoms with Crippen LogP contribution in [0.25, 0.3) is 0 Å².